The van der Waals surface area contributed by atoms with E-state index in [1.165, 1.54) is 12.1 Å². The standard InChI is InChI=1S/C20H33FN4O3.HI/c1-6-7-8-15(13-24-19(27)28-20(2,3)4)25-18(22-5)23-12-14-9-10-17(26)16(21)11-14;/h9-11,15,26H,6-8,12-13H2,1-5H3,(H,24,27)(H2,22,23,25);1H. The number of phenolic OH excluding ortho intramolecular Hbond substituents is 1. The molecule has 0 saturated heterocycles. The van der Waals surface area contributed by atoms with Gasteiger partial charge in [0.05, 0.1) is 0 Å². The average molecular weight is 524 g/mol. The lowest BCUT2D eigenvalue weighted by molar-refractivity contribution is 0.0522. The van der Waals surface area contributed by atoms with E-state index >= 15 is 0 Å². The van der Waals surface area contributed by atoms with Gasteiger partial charge in [-0.25, -0.2) is 9.18 Å². The molecule has 1 aromatic carbocycles. The predicted molar refractivity (Wildman–Crippen MR) is 124 cm³/mol. The molecular formula is C20H34FIN4O3. The number of guanidine groups is 1. The Labute approximate surface area is 189 Å². The first-order valence-electron chi connectivity index (χ1n) is 9.56. The monoisotopic (exact) mass is 524 g/mol. The highest BCUT2D eigenvalue weighted by Gasteiger charge is 2.18. The number of rotatable bonds is 8. The van der Waals surface area contributed by atoms with Crippen LogP contribution in [0.1, 0.15) is 52.5 Å². The number of nitrogens with zero attached hydrogens (tertiary/aromatic N) is 1. The number of amides is 1. The molecule has 7 nitrogen and oxygen atoms in total. The number of aliphatic imine (C=N–C) groups is 1. The van der Waals surface area contributed by atoms with Gasteiger partial charge in [0.15, 0.2) is 17.5 Å². The highest BCUT2D eigenvalue weighted by Crippen LogP contribution is 2.15. The second kappa shape index (κ2) is 13.4. The second-order valence-electron chi connectivity index (χ2n) is 7.58. The maximum Gasteiger partial charge on any atom is 0.407 e. The van der Waals surface area contributed by atoms with Crippen LogP contribution < -0.4 is 16.0 Å². The third-order valence-electron chi connectivity index (χ3n) is 3.83. The Bertz CT molecular complexity index is 666. The fourth-order valence-corrected chi connectivity index (χ4v) is 2.43. The van der Waals surface area contributed by atoms with Gasteiger partial charge in [-0.1, -0.05) is 25.8 Å². The SMILES string of the molecule is CCCCC(CNC(=O)OC(C)(C)C)NC(=NC)NCc1ccc(O)c(F)c1.I. The van der Waals surface area contributed by atoms with Gasteiger partial charge in [0.25, 0.3) is 0 Å². The Hall–Kier alpha value is -1.78. The minimum absolute atomic E-state index is 0. The zero-order chi connectivity index (χ0) is 21.2. The van der Waals surface area contributed by atoms with Crippen molar-refractivity contribution in [1.29, 1.82) is 0 Å². The molecule has 1 rings (SSSR count). The topological polar surface area (TPSA) is 95.0 Å². The minimum atomic E-state index is -0.662. The van der Waals surface area contributed by atoms with E-state index in [-0.39, 0.29) is 35.8 Å². The van der Waals surface area contributed by atoms with Gasteiger partial charge < -0.3 is 25.8 Å². The summed E-state index contributed by atoms with van der Waals surface area (Å²) in [6, 6.07) is 4.19. The molecule has 0 aromatic heterocycles. The van der Waals surface area contributed by atoms with Crippen LogP contribution in [0.4, 0.5) is 9.18 Å². The summed E-state index contributed by atoms with van der Waals surface area (Å²) in [6.45, 7) is 8.29. The van der Waals surface area contributed by atoms with Gasteiger partial charge in [-0.15, -0.1) is 24.0 Å². The number of phenols is 1. The van der Waals surface area contributed by atoms with Gasteiger partial charge in [-0.05, 0) is 44.9 Å². The molecule has 1 atom stereocenters. The number of hydrogen-bond acceptors (Lipinski definition) is 4. The second-order valence-corrected chi connectivity index (χ2v) is 7.58. The van der Waals surface area contributed by atoms with Crippen molar-refractivity contribution in [3.8, 4) is 5.75 Å². The lowest BCUT2D eigenvalue weighted by Crippen LogP contribution is -2.48. The summed E-state index contributed by atoms with van der Waals surface area (Å²) in [5.74, 6) is -0.496. The molecule has 9 heteroatoms. The van der Waals surface area contributed by atoms with Crippen molar-refractivity contribution in [2.24, 2.45) is 4.99 Å². The Balaban J connectivity index is 0.00000784. The molecular weight excluding hydrogens is 490 g/mol. The molecule has 1 unspecified atom stereocenters. The van der Waals surface area contributed by atoms with Gasteiger partial charge in [-0.2, -0.15) is 0 Å². The van der Waals surface area contributed by atoms with E-state index in [1.807, 2.05) is 20.8 Å². The van der Waals surface area contributed by atoms with Crippen LogP contribution in [0.15, 0.2) is 23.2 Å². The van der Waals surface area contributed by atoms with Crippen molar-refractivity contribution in [3.63, 3.8) is 0 Å². The van der Waals surface area contributed by atoms with E-state index < -0.39 is 17.5 Å². The number of carbonyl (C=O) groups is 1. The van der Waals surface area contributed by atoms with E-state index in [0.717, 1.165) is 19.3 Å². The molecule has 0 radical (unpaired) electrons. The van der Waals surface area contributed by atoms with Gasteiger partial charge in [0.1, 0.15) is 5.60 Å². The maximum atomic E-state index is 13.5. The van der Waals surface area contributed by atoms with Crippen LogP contribution in [0.5, 0.6) is 5.75 Å². The highest BCUT2D eigenvalue weighted by atomic mass is 127. The van der Waals surface area contributed by atoms with Gasteiger partial charge in [0.2, 0.25) is 0 Å². The van der Waals surface area contributed by atoms with Crippen molar-refractivity contribution in [2.45, 2.75) is 65.1 Å². The summed E-state index contributed by atoms with van der Waals surface area (Å²) < 4.78 is 18.7. The molecule has 0 heterocycles. The summed E-state index contributed by atoms with van der Waals surface area (Å²) >= 11 is 0. The lowest BCUT2D eigenvalue weighted by Gasteiger charge is -2.24. The normalized spacial score (nSPS) is 12.6. The van der Waals surface area contributed by atoms with E-state index in [4.69, 9.17) is 4.74 Å². The summed E-state index contributed by atoms with van der Waals surface area (Å²) in [6.07, 6.45) is 2.41. The summed E-state index contributed by atoms with van der Waals surface area (Å²) in [5.41, 5.74) is 0.128. The fourth-order valence-electron chi connectivity index (χ4n) is 2.43. The lowest BCUT2D eigenvalue weighted by atomic mass is 10.1. The number of halogens is 2. The van der Waals surface area contributed by atoms with Crippen LogP contribution in [-0.4, -0.2) is 42.4 Å². The van der Waals surface area contributed by atoms with Crippen LogP contribution in [0, 0.1) is 5.82 Å². The smallest absolute Gasteiger partial charge is 0.407 e. The third-order valence-corrected chi connectivity index (χ3v) is 3.83. The first-order chi connectivity index (χ1) is 13.1. The quantitative estimate of drug-likeness (QED) is 0.235. The van der Waals surface area contributed by atoms with Crippen molar-refractivity contribution in [2.75, 3.05) is 13.6 Å². The van der Waals surface area contributed by atoms with E-state index in [1.54, 1.807) is 13.1 Å². The number of alkyl carbamates (subject to hydrolysis) is 1. The van der Waals surface area contributed by atoms with Crippen molar-refractivity contribution >= 4 is 36.0 Å². The highest BCUT2D eigenvalue weighted by molar-refractivity contribution is 14.0. The Morgan fingerprint density at radius 1 is 1.31 bits per heavy atom. The van der Waals surface area contributed by atoms with Gasteiger partial charge in [-0.3, -0.25) is 4.99 Å². The Morgan fingerprint density at radius 3 is 2.55 bits per heavy atom. The number of aromatic hydroxyl groups is 1. The number of hydrogen-bond donors (Lipinski definition) is 4. The molecule has 0 spiro atoms. The molecule has 166 valence electrons. The zero-order valence-corrected chi connectivity index (χ0v) is 20.2. The summed E-state index contributed by atoms with van der Waals surface area (Å²) in [7, 11) is 1.64. The summed E-state index contributed by atoms with van der Waals surface area (Å²) in [5, 5.41) is 18.4. The van der Waals surface area contributed by atoms with Crippen LogP contribution in [0.3, 0.4) is 0 Å². The van der Waals surface area contributed by atoms with E-state index in [2.05, 4.69) is 27.9 Å². The number of unbranched alkanes of at least 4 members (excludes halogenated alkanes) is 1. The number of ether oxygens (including phenoxy) is 1. The molecule has 29 heavy (non-hydrogen) atoms. The Kier molecular flexibility index (Phi) is 12.6. The number of carbonyl (C=O) groups excluding carboxylic acids is 1. The molecule has 0 aliphatic carbocycles. The molecule has 0 aliphatic rings. The summed E-state index contributed by atoms with van der Waals surface area (Å²) in [4.78, 5) is 16.1. The molecule has 4 N–H and O–H groups in total. The first kappa shape index (κ1) is 27.2. The van der Waals surface area contributed by atoms with Crippen molar-refractivity contribution in [3.05, 3.63) is 29.6 Å². The molecule has 0 fully saturated rings. The Morgan fingerprint density at radius 2 is 2.00 bits per heavy atom. The minimum Gasteiger partial charge on any atom is -0.505 e. The van der Waals surface area contributed by atoms with Gasteiger partial charge >= 0.3 is 6.09 Å². The molecule has 0 bridgehead atoms. The molecule has 1 amide bonds. The van der Waals surface area contributed by atoms with Crippen LogP contribution >= 0.6 is 24.0 Å². The van der Waals surface area contributed by atoms with Gasteiger partial charge in [0, 0.05) is 26.2 Å². The average Bonchev–Trinajstić information content (AvgIpc) is 2.61. The van der Waals surface area contributed by atoms with Crippen molar-refractivity contribution in [1.82, 2.24) is 16.0 Å². The molecule has 1 aromatic rings. The van der Waals surface area contributed by atoms with E-state index in [9.17, 15) is 14.3 Å². The molecule has 0 saturated carbocycles. The van der Waals surface area contributed by atoms with Crippen LogP contribution in [-0.2, 0) is 11.3 Å². The zero-order valence-electron chi connectivity index (χ0n) is 17.8. The van der Waals surface area contributed by atoms with E-state index in [0.29, 0.717) is 24.6 Å². The largest absolute Gasteiger partial charge is 0.505 e. The predicted octanol–water partition coefficient (Wildman–Crippen LogP) is 3.90. The fraction of sp³-hybridized carbons (Fsp3) is 0.600. The van der Waals surface area contributed by atoms with Crippen LogP contribution in [0.2, 0.25) is 0 Å². The van der Waals surface area contributed by atoms with Crippen LogP contribution in [0.25, 0.3) is 0 Å². The maximum absolute atomic E-state index is 13.5. The van der Waals surface area contributed by atoms with Crippen molar-refractivity contribution < 1.29 is 19.0 Å². The molecule has 0 aliphatic heterocycles. The number of nitrogens with one attached hydrogen (secondary N) is 3. The number of benzene rings is 1. The first-order valence-corrected chi connectivity index (χ1v) is 9.56. The third kappa shape index (κ3) is 11.7.